The van der Waals surface area contributed by atoms with E-state index in [2.05, 4.69) is 4.98 Å². The fraction of sp³-hybridized carbons (Fsp3) is 0.333. The van der Waals surface area contributed by atoms with Crippen LogP contribution in [0.3, 0.4) is 0 Å². The topological polar surface area (TPSA) is 70.4 Å². The van der Waals surface area contributed by atoms with Gasteiger partial charge in [0, 0.05) is 6.20 Å². The van der Waals surface area contributed by atoms with Crippen LogP contribution in [-0.4, -0.2) is 21.2 Å². The van der Waals surface area contributed by atoms with Crippen molar-refractivity contribution < 1.29 is 15.0 Å². The van der Waals surface area contributed by atoms with E-state index in [-0.39, 0.29) is 6.42 Å². The van der Waals surface area contributed by atoms with Gasteiger partial charge in [-0.3, -0.25) is 9.78 Å². The Balaban J connectivity index is 2.56. The van der Waals surface area contributed by atoms with Crippen molar-refractivity contribution >= 4 is 17.3 Å². The largest absolute Gasteiger partial charge is 0.481 e. The second-order valence-corrected chi connectivity index (χ2v) is 2.94. The lowest BCUT2D eigenvalue weighted by Crippen LogP contribution is -2.03. The monoisotopic (exact) mass is 173 g/mol. The number of hydrogen-bond donors (Lipinski definition) is 2. The second kappa shape index (κ2) is 3.45. The van der Waals surface area contributed by atoms with Crippen molar-refractivity contribution in [1.82, 2.24) is 4.98 Å². The quantitative estimate of drug-likeness (QED) is 0.704. The van der Waals surface area contributed by atoms with Crippen LogP contribution >= 0.6 is 11.3 Å². The molecule has 1 atom stereocenters. The molecule has 5 heteroatoms. The van der Waals surface area contributed by atoms with Gasteiger partial charge in [0.1, 0.15) is 6.10 Å². The summed E-state index contributed by atoms with van der Waals surface area (Å²) in [7, 11) is 0. The predicted molar refractivity (Wildman–Crippen MR) is 39.3 cm³/mol. The normalized spacial score (nSPS) is 12.8. The highest BCUT2D eigenvalue weighted by Crippen LogP contribution is 2.19. The molecule has 0 spiro atoms. The summed E-state index contributed by atoms with van der Waals surface area (Å²) < 4.78 is 0. The maximum absolute atomic E-state index is 10.1. The first-order valence-corrected chi connectivity index (χ1v) is 3.86. The summed E-state index contributed by atoms with van der Waals surface area (Å²) in [5.41, 5.74) is 1.56. The lowest BCUT2D eigenvalue weighted by Gasteiger charge is -2.01. The Hall–Kier alpha value is -0.940. The Labute approximate surface area is 67.1 Å². The second-order valence-electron chi connectivity index (χ2n) is 2.02. The molecule has 1 heterocycles. The van der Waals surface area contributed by atoms with Crippen LogP contribution in [0.15, 0.2) is 11.7 Å². The summed E-state index contributed by atoms with van der Waals surface area (Å²) in [4.78, 5) is 14.4. The number of aliphatic hydroxyl groups is 1. The van der Waals surface area contributed by atoms with Gasteiger partial charge in [0.25, 0.3) is 0 Å². The third kappa shape index (κ3) is 2.28. The molecule has 0 fully saturated rings. The van der Waals surface area contributed by atoms with E-state index in [0.29, 0.717) is 4.88 Å². The fourth-order valence-electron chi connectivity index (χ4n) is 0.656. The summed E-state index contributed by atoms with van der Waals surface area (Å²) in [5.74, 6) is -1.01. The lowest BCUT2D eigenvalue weighted by atomic mass is 10.2. The highest BCUT2D eigenvalue weighted by Gasteiger charge is 2.12. The van der Waals surface area contributed by atoms with Gasteiger partial charge in [0.2, 0.25) is 0 Å². The van der Waals surface area contributed by atoms with E-state index >= 15 is 0 Å². The summed E-state index contributed by atoms with van der Waals surface area (Å²) in [6.45, 7) is 0. The molecule has 60 valence electrons. The molecule has 0 radical (unpaired) electrons. The van der Waals surface area contributed by atoms with Gasteiger partial charge < -0.3 is 10.2 Å². The van der Waals surface area contributed by atoms with Gasteiger partial charge >= 0.3 is 5.97 Å². The maximum atomic E-state index is 10.1. The van der Waals surface area contributed by atoms with Crippen LogP contribution in [0.25, 0.3) is 0 Å². The lowest BCUT2D eigenvalue weighted by molar-refractivity contribution is -0.139. The first-order valence-electron chi connectivity index (χ1n) is 2.98. The molecule has 11 heavy (non-hydrogen) atoms. The highest BCUT2D eigenvalue weighted by atomic mass is 32.1. The standard InChI is InChI=1S/C6H7NO3S/c8-4(1-6(9)10)5-2-7-3-11-5/h2-4,8H,1H2,(H,9,10). The molecule has 0 aliphatic heterocycles. The van der Waals surface area contributed by atoms with Crippen LogP contribution in [0.4, 0.5) is 0 Å². The number of rotatable bonds is 3. The molecule has 0 bridgehead atoms. The molecule has 0 aromatic carbocycles. The fourth-order valence-corrected chi connectivity index (χ4v) is 1.26. The summed E-state index contributed by atoms with van der Waals surface area (Å²) >= 11 is 1.25. The Kier molecular flexibility index (Phi) is 2.56. The average molecular weight is 173 g/mol. The van der Waals surface area contributed by atoms with Crippen molar-refractivity contribution in [3.8, 4) is 0 Å². The maximum Gasteiger partial charge on any atom is 0.306 e. The molecule has 0 amide bonds. The van der Waals surface area contributed by atoms with Gasteiger partial charge in [-0.25, -0.2) is 0 Å². The van der Waals surface area contributed by atoms with Crippen LogP contribution in [0.2, 0.25) is 0 Å². The van der Waals surface area contributed by atoms with Crippen LogP contribution in [0.1, 0.15) is 17.4 Å². The Morgan fingerprint density at radius 1 is 1.82 bits per heavy atom. The van der Waals surface area contributed by atoms with Gasteiger partial charge in [-0.1, -0.05) is 0 Å². The van der Waals surface area contributed by atoms with Crippen LogP contribution in [-0.2, 0) is 4.79 Å². The van der Waals surface area contributed by atoms with E-state index < -0.39 is 12.1 Å². The summed E-state index contributed by atoms with van der Waals surface area (Å²) in [6.07, 6.45) is 0.292. The first-order chi connectivity index (χ1) is 5.20. The van der Waals surface area contributed by atoms with E-state index in [4.69, 9.17) is 10.2 Å². The Morgan fingerprint density at radius 3 is 3.00 bits per heavy atom. The van der Waals surface area contributed by atoms with Crippen molar-refractivity contribution in [1.29, 1.82) is 0 Å². The van der Waals surface area contributed by atoms with Gasteiger partial charge in [-0.05, 0) is 0 Å². The van der Waals surface area contributed by atoms with Crippen molar-refractivity contribution in [3.63, 3.8) is 0 Å². The van der Waals surface area contributed by atoms with Gasteiger partial charge in [0.15, 0.2) is 0 Å². The van der Waals surface area contributed by atoms with Crippen LogP contribution in [0.5, 0.6) is 0 Å². The van der Waals surface area contributed by atoms with E-state index in [1.165, 1.54) is 17.5 Å². The van der Waals surface area contributed by atoms with E-state index in [0.717, 1.165) is 0 Å². The van der Waals surface area contributed by atoms with Crippen molar-refractivity contribution in [2.75, 3.05) is 0 Å². The highest BCUT2D eigenvalue weighted by molar-refractivity contribution is 7.09. The zero-order chi connectivity index (χ0) is 8.27. The van der Waals surface area contributed by atoms with E-state index in [1.54, 1.807) is 5.51 Å². The minimum atomic E-state index is -1.01. The molecule has 4 nitrogen and oxygen atoms in total. The smallest absolute Gasteiger partial charge is 0.306 e. The number of aliphatic hydroxyl groups excluding tert-OH is 1. The average Bonchev–Trinajstić information content (AvgIpc) is 2.35. The third-order valence-corrected chi connectivity index (χ3v) is 2.02. The molecule has 0 saturated heterocycles. The minimum absolute atomic E-state index is 0.262. The first kappa shape index (κ1) is 8.16. The number of carbonyl (C=O) groups is 1. The van der Waals surface area contributed by atoms with E-state index in [9.17, 15) is 4.79 Å². The van der Waals surface area contributed by atoms with Crippen LogP contribution < -0.4 is 0 Å². The molecule has 0 aliphatic rings. The Bertz CT molecular complexity index is 234. The molecular formula is C6H7NO3S. The number of carboxylic acid groups (broad SMARTS) is 1. The summed E-state index contributed by atoms with van der Waals surface area (Å²) in [6, 6.07) is 0. The molecule has 1 unspecified atom stereocenters. The predicted octanol–water partition coefficient (Wildman–Crippen LogP) is 0.651. The van der Waals surface area contributed by atoms with Gasteiger partial charge in [0.05, 0.1) is 16.8 Å². The minimum Gasteiger partial charge on any atom is -0.481 e. The van der Waals surface area contributed by atoms with E-state index in [1.807, 2.05) is 0 Å². The Morgan fingerprint density at radius 2 is 2.55 bits per heavy atom. The molecule has 0 aliphatic carbocycles. The molecule has 1 aromatic rings. The van der Waals surface area contributed by atoms with Gasteiger partial charge in [-0.15, -0.1) is 11.3 Å². The molecular weight excluding hydrogens is 166 g/mol. The molecule has 2 N–H and O–H groups in total. The number of thiazole rings is 1. The van der Waals surface area contributed by atoms with Crippen molar-refractivity contribution in [2.45, 2.75) is 12.5 Å². The molecule has 0 saturated carbocycles. The summed E-state index contributed by atoms with van der Waals surface area (Å²) in [5, 5.41) is 17.5. The number of aliphatic carboxylic acids is 1. The zero-order valence-electron chi connectivity index (χ0n) is 5.60. The SMILES string of the molecule is O=C(O)CC(O)c1cncs1. The van der Waals surface area contributed by atoms with Gasteiger partial charge in [-0.2, -0.15) is 0 Å². The third-order valence-electron chi connectivity index (χ3n) is 1.15. The van der Waals surface area contributed by atoms with Crippen molar-refractivity contribution in [2.24, 2.45) is 0 Å². The number of carboxylic acids is 1. The van der Waals surface area contributed by atoms with Crippen LogP contribution in [0, 0.1) is 0 Å². The number of hydrogen-bond acceptors (Lipinski definition) is 4. The molecule has 1 aromatic heterocycles. The van der Waals surface area contributed by atoms with Crippen molar-refractivity contribution in [3.05, 3.63) is 16.6 Å². The molecule has 1 rings (SSSR count). The number of aromatic nitrogens is 1. The zero-order valence-corrected chi connectivity index (χ0v) is 6.41. The number of nitrogens with zero attached hydrogens (tertiary/aromatic N) is 1.